The summed E-state index contributed by atoms with van der Waals surface area (Å²) in [5.74, 6) is 0.974. The van der Waals surface area contributed by atoms with Crippen LogP contribution in [0, 0.1) is 11.3 Å². The zero-order valence-corrected chi connectivity index (χ0v) is 8.96. The second-order valence-electron chi connectivity index (χ2n) is 5.26. The third-order valence-corrected chi connectivity index (χ3v) is 4.19. The molecule has 2 aliphatic heterocycles. The van der Waals surface area contributed by atoms with E-state index in [0.29, 0.717) is 5.41 Å². The van der Waals surface area contributed by atoms with Crippen LogP contribution in [0.15, 0.2) is 0 Å². The third kappa shape index (κ3) is 1.38. The molecule has 2 unspecified atom stereocenters. The molecule has 2 atom stereocenters. The molecule has 3 heteroatoms. The van der Waals surface area contributed by atoms with E-state index in [9.17, 15) is 0 Å². The Morgan fingerprint density at radius 2 is 2.29 bits per heavy atom. The van der Waals surface area contributed by atoms with Gasteiger partial charge in [-0.25, -0.2) is 5.01 Å². The van der Waals surface area contributed by atoms with Crippen LogP contribution in [0.4, 0.5) is 0 Å². The fraction of sp³-hybridized carbons (Fsp3) is 1.00. The van der Waals surface area contributed by atoms with E-state index in [1.165, 1.54) is 32.2 Å². The summed E-state index contributed by atoms with van der Waals surface area (Å²) in [7, 11) is 2.06. The summed E-state index contributed by atoms with van der Waals surface area (Å²) in [4.78, 5) is 0. The van der Waals surface area contributed by atoms with Crippen molar-refractivity contribution in [2.45, 2.75) is 31.7 Å². The van der Waals surface area contributed by atoms with Crippen molar-refractivity contribution in [2.24, 2.45) is 11.3 Å². The number of hydrogen-bond acceptors (Lipinski definition) is 3. The highest BCUT2D eigenvalue weighted by atomic mass is 16.5. The maximum atomic E-state index is 5.57. The summed E-state index contributed by atoms with van der Waals surface area (Å²) in [6.07, 6.45) is 5.52. The van der Waals surface area contributed by atoms with Gasteiger partial charge in [-0.05, 0) is 38.6 Å². The highest BCUT2D eigenvalue weighted by molar-refractivity contribution is 5.01. The molecule has 14 heavy (non-hydrogen) atoms. The van der Waals surface area contributed by atoms with Gasteiger partial charge >= 0.3 is 0 Å². The molecule has 1 saturated carbocycles. The SMILES string of the molecule is CNN1CC2(CCOC2)CC1C1CC1. The van der Waals surface area contributed by atoms with Crippen LogP contribution in [0.5, 0.6) is 0 Å². The zero-order valence-electron chi connectivity index (χ0n) is 8.96. The Hall–Kier alpha value is -0.120. The molecule has 3 nitrogen and oxygen atoms in total. The van der Waals surface area contributed by atoms with Gasteiger partial charge < -0.3 is 4.74 Å². The average molecular weight is 196 g/mol. The maximum absolute atomic E-state index is 5.57. The topological polar surface area (TPSA) is 24.5 Å². The zero-order chi connectivity index (χ0) is 9.60. The van der Waals surface area contributed by atoms with E-state index in [2.05, 4.69) is 17.5 Å². The van der Waals surface area contributed by atoms with Gasteiger partial charge in [-0.2, -0.15) is 0 Å². The molecule has 3 fully saturated rings. The number of nitrogens with zero attached hydrogens (tertiary/aromatic N) is 1. The summed E-state index contributed by atoms with van der Waals surface area (Å²) in [6.45, 7) is 3.17. The second-order valence-corrected chi connectivity index (χ2v) is 5.26. The lowest BCUT2D eigenvalue weighted by molar-refractivity contribution is 0.138. The molecule has 1 aliphatic carbocycles. The molecule has 1 spiro atoms. The van der Waals surface area contributed by atoms with Crippen molar-refractivity contribution in [1.29, 1.82) is 0 Å². The molecular formula is C11H20N2O. The van der Waals surface area contributed by atoms with Crippen LogP contribution in [0.3, 0.4) is 0 Å². The van der Waals surface area contributed by atoms with Crippen molar-refractivity contribution in [3.63, 3.8) is 0 Å². The number of rotatable bonds is 2. The van der Waals surface area contributed by atoms with E-state index >= 15 is 0 Å². The van der Waals surface area contributed by atoms with Crippen molar-refractivity contribution in [3.05, 3.63) is 0 Å². The molecule has 3 aliphatic rings. The number of hydrazine groups is 1. The van der Waals surface area contributed by atoms with E-state index in [-0.39, 0.29) is 0 Å². The summed E-state index contributed by atoms with van der Waals surface area (Å²) in [6, 6.07) is 0.793. The monoisotopic (exact) mass is 196 g/mol. The van der Waals surface area contributed by atoms with Crippen LogP contribution in [-0.2, 0) is 4.74 Å². The molecule has 0 radical (unpaired) electrons. The number of nitrogens with one attached hydrogen (secondary N) is 1. The molecule has 0 aromatic rings. The summed E-state index contributed by atoms with van der Waals surface area (Å²) < 4.78 is 5.57. The van der Waals surface area contributed by atoms with Crippen LogP contribution < -0.4 is 5.43 Å². The van der Waals surface area contributed by atoms with E-state index < -0.39 is 0 Å². The van der Waals surface area contributed by atoms with Crippen molar-refractivity contribution >= 4 is 0 Å². The Balaban J connectivity index is 1.74. The smallest absolute Gasteiger partial charge is 0.0536 e. The van der Waals surface area contributed by atoms with Gasteiger partial charge in [-0.3, -0.25) is 5.43 Å². The Labute approximate surface area is 85.8 Å². The minimum Gasteiger partial charge on any atom is -0.381 e. The van der Waals surface area contributed by atoms with Crippen molar-refractivity contribution in [2.75, 3.05) is 26.8 Å². The minimum atomic E-state index is 0.496. The van der Waals surface area contributed by atoms with Crippen LogP contribution in [0.2, 0.25) is 0 Å². The summed E-state index contributed by atoms with van der Waals surface area (Å²) in [5.41, 5.74) is 3.86. The molecule has 2 heterocycles. The fourth-order valence-corrected chi connectivity index (χ4v) is 3.18. The first-order chi connectivity index (χ1) is 6.83. The van der Waals surface area contributed by atoms with Crippen LogP contribution in [0.1, 0.15) is 25.7 Å². The first kappa shape index (κ1) is 9.13. The van der Waals surface area contributed by atoms with Gasteiger partial charge in [0.15, 0.2) is 0 Å². The van der Waals surface area contributed by atoms with E-state index in [0.717, 1.165) is 25.2 Å². The van der Waals surface area contributed by atoms with Crippen molar-refractivity contribution in [3.8, 4) is 0 Å². The van der Waals surface area contributed by atoms with E-state index in [1.54, 1.807) is 0 Å². The molecule has 80 valence electrons. The molecule has 0 bridgehead atoms. The molecule has 0 amide bonds. The molecule has 0 aromatic carbocycles. The molecule has 3 rings (SSSR count). The van der Waals surface area contributed by atoms with Gasteiger partial charge in [0.25, 0.3) is 0 Å². The van der Waals surface area contributed by atoms with Gasteiger partial charge in [0.2, 0.25) is 0 Å². The number of ether oxygens (including phenoxy) is 1. The minimum absolute atomic E-state index is 0.496. The second kappa shape index (κ2) is 3.19. The Bertz CT molecular complexity index is 221. The summed E-state index contributed by atoms with van der Waals surface area (Å²) in [5, 5.41) is 2.46. The standard InChI is InChI=1S/C11H20N2O/c1-12-13-7-11(4-5-14-8-11)6-10(13)9-2-3-9/h9-10,12H,2-8H2,1H3. The van der Waals surface area contributed by atoms with Gasteiger partial charge in [0, 0.05) is 24.6 Å². The summed E-state index contributed by atoms with van der Waals surface area (Å²) >= 11 is 0. The quantitative estimate of drug-likeness (QED) is 0.713. The normalized spacial score (nSPS) is 43.9. The van der Waals surface area contributed by atoms with E-state index in [4.69, 9.17) is 4.74 Å². The van der Waals surface area contributed by atoms with Gasteiger partial charge in [-0.15, -0.1) is 0 Å². The van der Waals surface area contributed by atoms with Crippen LogP contribution in [-0.4, -0.2) is 37.9 Å². The predicted octanol–water partition coefficient (Wildman–Crippen LogP) is 1.01. The first-order valence-electron chi connectivity index (χ1n) is 5.85. The Morgan fingerprint density at radius 1 is 1.43 bits per heavy atom. The maximum Gasteiger partial charge on any atom is 0.0536 e. The van der Waals surface area contributed by atoms with Crippen molar-refractivity contribution < 1.29 is 4.74 Å². The largest absolute Gasteiger partial charge is 0.381 e. The molecule has 1 N–H and O–H groups in total. The highest BCUT2D eigenvalue weighted by Gasteiger charge is 2.50. The van der Waals surface area contributed by atoms with Crippen molar-refractivity contribution in [1.82, 2.24) is 10.4 Å². The Morgan fingerprint density at radius 3 is 2.86 bits per heavy atom. The number of hydrogen-bond donors (Lipinski definition) is 1. The molecular weight excluding hydrogens is 176 g/mol. The average Bonchev–Trinajstić information content (AvgIpc) is 2.86. The fourth-order valence-electron chi connectivity index (χ4n) is 3.18. The molecule has 0 aromatic heterocycles. The highest BCUT2D eigenvalue weighted by Crippen LogP contribution is 2.48. The lowest BCUT2D eigenvalue weighted by Crippen LogP contribution is -2.41. The van der Waals surface area contributed by atoms with Gasteiger partial charge in [-0.1, -0.05) is 0 Å². The van der Waals surface area contributed by atoms with E-state index in [1.807, 2.05) is 0 Å². The first-order valence-corrected chi connectivity index (χ1v) is 5.85. The Kier molecular flexibility index (Phi) is 2.08. The van der Waals surface area contributed by atoms with Gasteiger partial charge in [0.1, 0.15) is 0 Å². The lowest BCUT2D eigenvalue weighted by Gasteiger charge is -2.23. The van der Waals surface area contributed by atoms with Gasteiger partial charge in [0.05, 0.1) is 6.61 Å². The third-order valence-electron chi connectivity index (χ3n) is 4.19. The predicted molar refractivity (Wildman–Crippen MR) is 54.8 cm³/mol. The van der Waals surface area contributed by atoms with Crippen LogP contribution >= 0.6 is 0 Å². The lowest BCUT2D eigenvalue weighted by atomic mass is 9.84. The molecule has 2 saturated heterocycles. The van der Waals surface area contributed by atoms with Crippen LogP contribution in [0.25, 0.3) is 0 Å².